The zero-order chi connectivity index (χ0) is 21.4. The van der Waals surface area contributed by atoms with E-state index in [1.54, 1.807) is 12.5 Å². The van der Waals surface area contributed by atoms with Crippen LogP contribution in [-0.2, 0) is 6.54 Å². The topological polar surface area (TPSA) is 54.4 Å². The zero-order valence-corrected chi connectivity index (χ0v) is 18.4. The highest BCUT2D eigenvalue weighted by molar-refractivity contribution is 7.80. The van der Waals surface area contributed by atoms with Gasteiger partial charge in [0, 0.05) is 16.8 Å². The predicted octanol–water partition coefficient (Wildman–Crippen LogP) is 6.07. The Morgan fingerprint density at radius 1 is 1.13 bits per heavy atom. The van der Waals surface area contributed by atoms with Gasteiger partial charge in [0.25, 0.3) is 0 Å². The second kappa shape index (κ2) is 8.21. The Bertz CT molecular complexity index is 1210. The van der Waals surface area contributed by atoms with Gasteiger partial charge in [-0.15, -0.1) is 0 Å². The first-order valence-electron chi connectivity index (χ1n) is 9.97. The third kappa shape index (κ3) is 3.84. The molecule has 5 rings (SSSR count). The van der Waals surface area contributed by atoms with Crippen molar-refractivity contribution in [3.05, 3.63) is 101 Å². The van der Waals surface area contributed by atoms with Gasteiger partial charge < -0.3 is 19.1 Å². The van der Waals surface area contributed by atoms with Crippen LogP contribution in [0.2, 0.25) is 5.02 Å². The molecule has 5 nitrogen and oxygen atoms in total. The summed E-state index contributed by atoms with van der Waals surface area (Å²) in [7, 11) is 0. The Balaban J connectivity index is 1.54. The van der Waals surface area contributed by atoms with Crippen LogP contribution in [0.4, 0.5) is 0 Å². The van der Waals surface area contributed by atoms with Crippen LogP contribution in [0.25, 0.3) is 11.3 Å². The van der Waals surface area contributed by atoms with Gasteiger partial charge in [-0.1, -0.05) is 29.8 Å². The van der Waals surface area contributed by atoms with Crippen molar-refractivity contribution in [3.8, 4) is 11.3 Å². The second-order valence-corrected chi connectivity index (χ2v) is 8.29. The van der Waals surface area contributed by atoms with Crippen molar-refractivity contribution in [1.82, 2.24) is 15.2 Å². The number of pyridine rings is 1. The number of thiocarbonyl (C=S) groups is 1. The van der Waals surface area contributed by atoms with Crippen molar-refractivity contribution in [2.45, 2.75) is 25.6 Å². The van der Waals surface area contributed by atoms with Crippen LogP contribution >= 0.6 is 23.8 Å². The molecule has 7 heteroatoms. The molecule has 0 bridgehead atoms. The number of aryl methyl sites for hydroxylation is 1. The first-order chi connectivity index (χ1) is 15.1. The maximum atomic E-state index is 6.34. The fourth-order valence-electron chi connectivity index (χ4n) is 3.87. The minimum absolute atomic E-state index is 0.149. The minimum Gasteiger partial charge on any atom is -0.467 e. The number of hydrogen-bond acceptors (Lipinski definition) is 4. The van der Waals surface area contributed by atoms with Gasteiger partial charge >= 0.3 is 0 Å². The van der Waals surface area contributed by atoms with E-state index >= 15 is 0 Å². The molecule has 156 valence electrons. The number of furan rings is 2. The molecule has 0 amide bonds. The van der Waals surface area contributed by atoms with Gasteiger partial charge in [0.05, 0.1) is 24.5 Å². The summed E-state index contributed by atoms with van der Waals surface area (Å²) in [6, 6.07) is 19.2. The Morgan fingerprint density at radius 2 is 2.03 bits per heavy atom. The minimum atomic E-state index is -0.179. The SMILES string of the molecule is Cc1ccc(-c2ccc(C3C(c4ccccn4)NC(=S)N3Cc3ccco3)o2)cc1Cl. The van der Waals surface area contributed by atoms with E-state index in [4.69, 9.17) is 32.7 Å². The van der Waals surface area contributed by atoms with E-state index in [0.29, 0.717) is 16.7 Å². The number of hydrogen-bond donors (Lipinski definition) is 1. The molecule has 2 atom stereocenters. The van der Waals surface area contributed by atoms with Crippen LogP contribution in [0.15, 0.2) is 82.0 Å². The van der Waals surface area contributed by atoms with Crippen LogP contribution in [-0.4, -0.2) is 15.0 Å². The molecule has 4 aromatic rings. The monoisotopic (exact) mass is 449 g/mol. The lowest BCUT2D eigenvalue weighted by Crippen LogP contribution is -2.28. The van der Waals surface area contributed by atoms with Crippen LogP contribution in [0.3, 0.4) is 0 Å². The molecule has 1 N–H and O–H groups in total. The maximum absolute atomic E-state index is 6.34. The number of aromatic nitrogens is 1. The number of rotatable bonds is 5. The van der Waals surface area contributed by atoms with Gasteiger partial charge in [0.2, 0.25) is 0 Å². The summed E-state index contributed by atoms with van der Waals surface area (Å²) in [5.74, 6) is 2.38. The van der Waals surface area contributed by atoms with E-state index in [0.717, 1.165) is 34.1 Å². The van der Waals surface area contributed by atoms with E-state index in [2.05, 4.69) is 15.2 Å². The molecule has 1 aliphatic rings. The molecule has 3 aromatic heterocycles. The van der Waals surface area contributed by atoms with Gasteiger partial charge in [-0.3, -0.25) is 4.98 Å². The molecule has 0 saturated carbocycles. The molecule has 2 unspecified atom stereocenters. The Kier molecular flexibility index (Phi) is 5.26. The lowest BCUT2D eigenvalue weighted by molar-refractivity contribution is 0.253. The first kappa shape index (κ1) is 19.8. The second-order valence-electron chi connectivity index (χ2n) is 7.50. The highest BCUT2D eigenvalue weighted by atomic mass is 35.5. The van der Waals surface area contributed by atoms with Crippen LogP contribution in [0.1, 0.15) is 34.9 Å². The summed E-state index contributed by atoms with van der Waals surface area (Å²) in [4.78, 5) is 6.64. The largest absolute Gasteiger partial charge is 0.467 e. The predicted molar refractivity (Wildman–Crippen MR) is 124 cm³/mol. The van der Waals surface area contributed by atoms with Gasteiger partial charge in [0.1, 0.15) is 23.3 Å². The first-order valence-corrected chi connectivity index (χ1v) is 10.8. The van der Waals surface area contributed by atoms with E-state index in [-0.39, 0.29) is 12.1 Å². The van der Waals surface area contributed by atoms with E-state index in [1.165, 1.54) is 0 Å². The lowest BCUT2D eigenvalue weighted by atomic mass is 10.0. The summed E-state index contributed by atoms with van der Waals surface area (Å²) in [6.07, 6.45) is 3.45. The molecule has 4 heterocycles. The summed E-state index contributed by atoms with van der Waals surface area (Å²) in [5.41, 5.74) is 2.86. The van der Waals surface area contributed by atoms with Crippen molar-refractivity contribution in [2.75, 3.05) is 0 Å². The normalized spacial score (nSPS) is 18.4. The van der Waals surface area contributed by atoms with Gasteiger partial charge in [-0.25, -0.2) is 0 Å². The van der Waals surface area contributed by atoms with Crippen LogP contribution in [0, 0.1) is 6.92 Å². The van der Waals surface area contributed by atoms with Gasteiger partial charge in [0.15, 0.2) is 5.11 Å². The van der Waals surface area contributed by atoms with Crippen molar-refractivity contribution in [2.24, 2.45) is 0 Å². The van der Waals surface area contributed by atoms with Crippen molar-refractivity contribution < 1.29 is 8.83 Å². The third-order valence-corrected chi connectivity index (χ3v) is 6.24. The highest BCUT2D eigenvalue weighted by Gasteiger charge is 2.42. The number of nitrogens with zero attached hydrogens (tertiary/aromatic N) is 2. The molecular weight excluding hydrogens is 430 g/mol. The smallest absolute Gasteiger partial charge is 0.170 e. The molecule has 1 aromatic carbocycles. The molecule has 0 radical (unpaired) electrons. The summed E-state index contributed by atoms with van der Waals surface area (Å²) >= 11 is 12.0. The zero-order valence-electron chi connectivity index (χ0n) is 16.8. The average Bonchev–Trinajstić information content (AvgIpc) is 3.52. The third-order valence-electron chi connectivity index (χ3n) is 5.48. The van der Waals surface area contributed by atoms with Crippen molar-refractivity contribution in [3.63, 3.8) is 0 Å². The fourth-order valence-corrected chi connectivity index (χ4v) is 4.35. The highest BCUT2D eigenvalue weighted by Crippen LogP contribution is 2.41. The number of benzene rings is 1. The van der Waals surface area contributed by atoms with Crippen LogP contribution < -0.4 is 5.32 Å². The number of halogens is 1. The van der Waals surface area contributed by atoms with Crippen molar-refractivity contribution in [1.29, 1.82) is 0 Å². The quantitative estimate of drug-likeness (QED) is 0.373. The fraction of sp³-hybridized carbons (Fsp3) is 0.167. The summed E-state index contributed by atoms with van der Waals surface area (Å²) in [6.45, 7) is 2.51. The molecule has 1 aliphatic heterocycles. The Morgan fingerprint density at radius 3 is 2.77 bits per heavy atom. The molecule has 31 heavy (non-hydrogen) atoms. The maximum Gasteiger partial charge on any atom is 0.170 e. The van der Waals surface area contributed by atoms with E-state index < -0.39 is 0 Å². The molecule has 1 fully saturated rings. The molecule has 0 aliphatic carbocycles. The molecular formula is C24H20ClN3O2S. The average molecular weight is 450 g/mol. The van der Waals surface area contributed by atoms with Crippen molar-refractivity contribution >= 4 is 28.9 Å². The van der Waals surface area contributed by atoms with Gasteiger partial charge in [-0.2, -0.15) is 0 Å². The Labute approximate surface area is 190 Å². The lowest BCUT2D eigenvalue weighted by Gasteiger charge is -2.25. The van der Waals surface area contributed by atoms with Gasteiger partial charge in [-0.05, 0) is 67.2 Å². The standard InChI is InChI=1S/C24H20ClN3O2S/c1-15-7-8-16(13-18(15)25)20-9-10-21(30-20)23-22(19-6-2-3-11-26-19)27-24(31)28(23)14-17-5-4-12-29-17/h2-13,22-23H,14H2,1H3,(H,27,31). The number of nitrogens with one attached hydrogen (secondary N) is 1. The van der Waals surface area contributed by atoms with Crippen LogP contribution in [0.5, 0.6) is 0 Å². The summed E-state index contributed by atoms with van der Waals surface area (Å²) < 4.78 is 11.9. The molecule has 0 spiro atoms. The Hall–Kier alpha value is -3.09. The summed E-state index contributed by atoms with van der Waals surface area (Å²) in [5, 5.41) is 4.76. The molecule has 1 saturated heterocycles. The van der Waals surface area contributed by atoms with E-state index in [9.17, 15) is 0 Å². The van der Waals surface area contributed by atoms with E-state index in [1.807, 2.05) is 67.6 Å².